The van der Waals surface area contributed by atoms with Crippen molar-refractivity contribution >= 4 is 5.91 Å². The summed E-state index contributed by atoms with van der Waals surface area (Å²) in [5, 5.41) is 12.6. The number of aromatic nitrogens is 1. The van der Waals surface area contributed by atoms with Crippen LogP contribution in [0.1, 0.15) is 34.8 Å². The number of ether oxygens (including phenoxy) is 1. The average molecular weight is 360 g/mol. The third-order valence-electron chi connectivity index (χ3n) is 4.78. The fraction of sp³-hybridized carbons (Fsp3) is 0.368. The molecule has 2 aromatic rings. The van der Waals surface area contributed by atoms with Crippen LogP contribution < -0.4 is 15.6 Å². The molecule has 1 atom stereocenters. The van der Waals surface area contributed by atoms with Gasteiger partial charge in [-0.1, -0.05) is 0 Å². The Morgan fingerprint density at radius 2 is 2.08 bits per heavy atom. The van der Waals surface area contributed by atoms with Gasteiger partial charge in [0.2, 0.25) is 5.56 Å². The normalized spacial score (nSPS) is 20.2. The number of nitrogens with one attached hydrogen (secondary N) is 1. The Kier molecular flexibility index (Phi) is 5.08. The number of carbonyl (C=O) groups is 1. The summed E-state index contributed by atoms with van der Waals surface area (Å²) in [6.07, 6.45) is 2.06. The Morgan fingerprint density at radius 3 is 2.69 bits per heavy atom. The van der Waals surface area contributed by atoms with Gasteiger partial charge in [0.1, 0.15) is 11.6 Å². The fourth-order valence-electron chi connectivity index (χ4n) is 3.25. The fourth-order valence-corrected chi connectivity index (χ4v) is 3.25. The molecule has 26 heavy (non-hydrogen) atoms. The van der Waals surface area contributed by atoms with E-state index in [2.05, 4.69) is 5.32 Å². The van der Waals surface area contributed by atoms with Gasteiger partial charge in [-0.25, -0.2) is 4.39 Å². The van der Waals surface area contributed by atoms with Crippen molar-refractivity contribution in [3.63, 3.8) is 0 Å². The summed E-state index contributed by atoms with van der Waals surface area (Å²) >= 11 is 0. The van der Waals surface area contributed by atoms with E-state index in [1.165, 1.54) is 48.2 Å². The number of halogens is 1. The standard InChI is InChI=1S/C19H21FN2O4/c1-22-10-11(3-6-17(22)24)19(25)21-18(12-7-14(23)8-12)15-9-13(20)4-5-16(15)26-2/h3-6,9-10,12,14,18,23H,7-8H2,1-2H3,(H,21,25)/t12?,14?,18-/m1/s1. The van der Waals surface area contributed by atoms with Gasteiger partial charge in [-0.2, -0.15) is 0 Å². The van der Waals surface area contributed by atoms with Crippen LogP contribution in [0.5, 0.6) is 5.75 Å². The maximum Gasteiger partial charge on any atom is 0.253 e. The van der Waals surface area contributed by atoms with Gasteiger partial charge in [0.15, 0.2) is 0 Å². The second-order valence-corrected chi connectivity index (χ2v) is 6.59. The molecule has 1 amide bonds. The van der Waals surface area contributed by atoms with Crippen LogP contribution in [0.3, 0.4) is 0 Å². The number of aliphatic hydroxyl groups is 1. The summed E-state index contributed by atoms with van der Waals surface area (Å²) in [5.74, 6) is -0.365. The topological polar surface area (TPSA) is 80.6 Å². The second-order valence-electron chi connectivity index (χ2n) is 6.59. The highest BCUT2D eigenvalue weighted by Crippen LogP contribution is 2.41. The molecule has 1 heterocycles. The first-order chi connectivity index (χ1) is 12.4. The predicted octanol–water partition coefficient (Wildman–Crippen LogP) is 1.78. The lowest BCUT2D eigenvalue weighted by molar-refractivity contribution is 0.0231. The van der Waals surface area contributed by atoms with Crippen LogP contribution in [-0.4, -0.2) is 28.8 Å². The van der Waals surface area contributed by atoms with Crippen LogP contribution in [0.15, 0.2) is 41.3 Å². The monoisotopic (exact) mass is 360 g/mol. The van der Waals surface area contributed by atoms with Crippen LogP contribution >= 0.6 is 0 Å². The number of methoxy groups -OCH3 is 1. The summed E-state index contributed by atoms with van der Waals surface area (Å²) in [7, 11) is 3.05. The number of pyridine rings is 1. The quantitative estimate of drug-likeness (QED) is 0.852. The second kappa shape index (κ2) is 7.29. The van der Waals surface area contributed by atoms with Gasteiger partial charge < -0.3 is 19.7 Å². The van der Waals surface area contributed by atoms with Gasteiger partial charge in [-0.15, -0.1) is 0 Å². The highest BCUT2D eigenvalue weighted by atomic mass is 19.1. The molecule has 0 unspecified atom stereocenters. The van der Waals surface area contributed by atoms with Crippen molar-refractivity contribution in [2.45, 2.75) is 25.0 Å². The van der Waals surface area contributed by atoms with E-state index in [1.54, 1.807) is 7.05 Å². The lowest BCUT2D eigenvalue weighted by atomic mass is 9.74. The molecule has 0 bridgehead atoms. The Bertz CT molecular complexity index is 874. The van der Waals surface area contributed by atoms with Crippen molar-refractivity contribution in [3.8, 4) is 5.75 Å². The van der Waals surface area contributed by atoms with Crippen LogP contribution in [0, 0.1) is 11.7 Å². The van der Waals surface area contributed by atoms with E-state index in [1.807, 2.05) is 0 Å². The van der Waals surface area contributed by atoms with Crippen LogP contribution in [0.25, 0.3) is 0 Å². The summed E-state index contributed by atoms with van der Waals surface area (Å²) in [6.45, 7) is 0. The molecular formula is C19H21FN2O4. The number of carbonyl (C=O) groups excluding carboxylic acids is 1. The minimum Gasteiger partial charge on any atom is -0.496 e. The zero-order valence-corrected chi connectivity index (χ0v) is 14.6. The van der Waals surface area contributed by atoms with Crippen LogP contribution in [0.4, 0.5) is 4.39 Å². The Balaban J connectivity index is 1.92. The molecule has 1 fully saturated rings. The van der Waals surface area contributed by atoms with Crippen molar-refractivity contribution in [1.29, 1.82) is 0 Å². The van der Waals surface area contributed by atoms with E-state index in [4.69, 9.17) is 4.74 Å². The molecule has 2 N–H and O–H groups in total. The third kappa shape index (κ3) is 3.62. The lowest BCUT2D eigenvalue weighted by Crippen LogP contribution is -2.41. The summed E-state index contributed by atoms with van der Waals surface area (Å²) in [5.41, 5.74) is 0.641. The third-order valence-corrected chi connectivity index (χ3v) is 4.78. The van der Waals surface area contributed by atoms with Crippen LogP contribution in [-0.2, 0) is 7.05 Å². The minimum absolute atomic E-state index is 0.0304. The van der Waals surface area contributed by atoms with Crippen molar-refractivity contribution in [2.75, 3.05) is 7.11 Å². The molecule has 6 nitrogen and oxygen atoms in total. The van der Waals surface area contributed by atoms with E-state index in [-0.39, 0.29) is 17.4 Å². The zero-order chi connectivity index (χ0) is 18.8. The Labute approximate surface area is 150 Å². The Morgan fingerprint density at radius 1 is 1.35 bits per heavy atom. The average Bonchev–Trinajstić information content (AvgIpc) is 2.59. The van der Waals surface area contributed by atoms with Gasteiger partial charge >= 0.3 is 0 Å². The molecule has 1 aromatic carbocycles. The highest BCUT2D eigenvalue weighted by Gasteiger charge is 2.37. The first-order valence-corrected chi connectivity index (χ1v) is 8.38. The summed E-state index contributed by atoms with van der Waals surface area (Å²) in [6, 6.07) is 6.42. The number of aliphatic hydroxyl groups excluding tert-OH is 1. The maximum absolute atomic E-state index is 13.8. The number of hydrogen-bond donors (Lipinski definition) is 2. The molecule has 3 rings (SSSR count). The first-order valence-electron chi connectivity index (χ1n) is 8.38. The molecule has 0 saturated heterocycles. The maximum atomic E-state index is 13.8. The minimum atomic E-state index is -0.506. The molecule has 1 aromatic heterocycles. The summed E-state index contributed by atoms with van der Waals surface area (Å²) in [4.78, 5) is 24.2. The number of amides is 1. The van der Waals surface area contributed by atoms with Gasteiger partial charge in [0.05, 0.1) is 24.8 Å². The van der Waals surface area contributed by atoms with Crippen molar-refractivity contribution in [2.24, 2.45) is 13.0 Å². The molecule has 0 radical (unpaired) electrons. The van der Waals surface area contributed by atoms with Crippen molar-refractivity contribution in [3.05, 3.63) is 63.8 Å². The number of hydrogen-bond acceptors (Lipinski definition) is 4. The van der Waals surface area contributed by atoms with E-state index in [0.29, 0.717) is 29.7 Å². The number of benzene rings is 1. The van der Waals surface area contributed by atoms with Crippen molar-refractivity contribution < 1.29 is 19.0 Å². The molecule has 1 aliphatic rings. The molecule has 7 heteroatoms. The van der Waals surface area contributed by atoms with E-state index >= 15 is 0 Å². The van der Waals surface area contributed by atoms with E-state index < -0.39 is 18.0 Å². The van der Waals surface area contributed by atoms with Crippen molar-refractivity contribution in [1.82, 2.24) is 9.88 Å². The van der Waals surface area contributed by atoms with Gasteiger partial charge in [0.25, 0.3) is 5.91 Å². The number of rotatable bonds is 5. The number of nitrogens with zero attached hydrogens (tertiary/aromatic N) is 1. The van der Waals surface area contributed by atoms with Gasteiger partial charge in [0, 0.05) is 24.9 Å². The van der Waals surface area contributed by atoms with E-state index in [0.717, 1.165) is 0 Å². The largest absolute Gasteiger partial charge is 0.496 e. The first kappa shape index (κ1) is 18.1. The molecule has 138 valence electrons. The molecule has 0 spiro atoms. The highest BCUT2D eigenvalue weighted by molar-refractivity contribution is 5.94. The molecule has 0 aliphatic heterocycles. The van der Waals surface area contributed by atoms with Gasteiger partial charge in [-0.05, 0) is 43.0 Å². The SMILES string of the molecule is COc1ccc(F)cc1[C@H](NC(=O)c1ccc(=O)n(C)c1)C1CC(O)C1. The molecular weight excluding hydrogens is 339 g/mol. The Hall–Kier alpha value is -2.67. The lowest BCUT2D eigenvalue weighted by Gasteiger charge is -2.38. The zero-order valence-electron chi connectivity index (χ0n) is 14.6. The smallest absolute Gasteiger partial charge is 0.253 e. The van der Waals surface area contributed by atoms with E-state index in [9.17, 15) is 19.1 Å². The van der Waals surface area contributed by atoms with Crippen LogP contribution in [0.2, 0.25) is 0 Å². The predicted molar refractivity (Wildman–Crippen MR) is 93.6 cm³/mol. The summed E-state index contributed by atoms with van der Waals surface area (Å²) < 4.78 is 20.5. The van der Waals surface area contributed by atoms with Gasteiger partial charge in [-0.3, -0.25) is 9.59 Å². The number of aryl methyl sites for hydroxylation is 1. The molecule has 1 saturated carbocycles. The molecule has 1 aliphatic carbocycles.